The first-order valence-electron chi connectivity index (χ1n) is 4.95. The molecule has 0 aliphatic carbocycles. The van der Waals surface area contributed by atoms with Gasteiger partial charge in [0, 0.05) is 6.54 Å². The summed E-state index contributed by atoms with van der Waals surface area (Å²) in [7, 11) is 0. The molecular formula is C11H12F3N. The van der Waals surface area contributed by atoms with E-state index in [0.717, 1.165) is 31.1 Å². The molecule has 4 heteroatoms. The van der Waals surface area contributed by atoms with Crippen LogP contribution in [0.15, 0.2) is 24.3 Å². The molecule has 0 radical (unpaired) electrons. The molecule has 1 N–H and O–H groups in total. The maximum atomic E-state index is 12.4. The van der Waals surface area contributed by atoms with Gasteiger partial charge in [-0.25, -0.2) is 0 Å². The van der Waals surface area contributed by atoms with Crippen molar-refractivity contribution in [1.29, 1.82) is 0 Å². The lowest BCUT2D eigenvalue weighted by Gasteiger charge is -2.12. The number of benzene rings is 1. The highest BCUT2D eigenvalue weighted by atomic mass is 19.4. The van der Waals surface area contributed by atoms with Crippen LogP contribution in [0.1, 0.15) is 23.5 Å². The Morgan fingerprint density at radius 1 is 1.27 bits per heavy atom. The van der Waals surface area contributed by atoms with E-state index in [2.05, 4.69) is 5.32 Å². The second-order valence-corrected chi connectivity index (χ2v) is 3.81. The van der Waals surface area contributed by atoms with E-state index in [-0.39, 0.29) is 5.92 Å². The first-order chi connectivity index (χ1) is 7.07. The van der Waals surface area contributed by atoms with E-state index in [1.54, 1.807) is 6.07 Å². The summed E-state index contributed by atoms with van der Waals surface area (Å²) in [5, 5.41) is 3.15. The van der Waals surface area contributed by atoms with E-state index in [9.17, 15) is 13.2 Å². The predicted octanol–water partition coefficient (Wildman–Crippen LogP) is 2.78. The summed E-state index contributed by atoms with van der Waals surface area (Å²) in [5.41, 5.74) is 0.238. The van der Waals surface area contributed by atoms with Gasteiger partial charge in [0.15, 0.2) is 0 Å². The third-order valence-electron chi connectivity index (χ3n) is 2.75. The number of alkyl halides is 3. The molecule has 2 rings (SSSR count). The minimum atomic E-state index is -4.23. The summed E-state index contributed by atoms with van der Waals surface area (Å²) in [5.74, 6) is 0.229. The van der Waals surface area contributed by atoms with E-state index in [1.165, 1.54) is 12.1 Å². The molecule has 0 bridgehead atoms. The van der Waals surface area contributed by atoms with Crippen molar-refractivity contribution < 1.29 is 13.2 Å². The minimum Gasteiger partial charge on any atom is -0.316 e. The van der Waals surface area contributed by atoms with Gasteiger partial charge in [-0.05, 0) is 30.5 Å². The number of nitrogens with one attached hydrogen (secondary N) is 1. The Hall–Kier alpha value is -1.03. The summed E-state index contributed by atoms with van der Waals surface area (Å²) in [6.45, 7) is 1.67. The van der Waals surface area contributed by atoms with Gasteiger partial charge < -0.3 is 5.32 Å². The van der Waals surface area contributed by atoms with Gasteiger partial charge in [0.1, 0.15) is 0 Å². The predicted molar refractivity (Wildman–Crippen MR) is 51.7 cm³/mol. The van der Waals surface area contributed by atoms with Crippen molar-refractivity contribution >= 4 is 0 Å². The van der Waals surface area contributed by atoms with Gasteiger partial charge in [0.2, 0.25) is 0 Å². The Balaban J connectivity index is 2.26. The Kier molecular flexibility index (Phi) is 2.69. The highest BCUT2D eigenvalue weighted by molar-refractivity contribution is 5.29. The average molecular weight is 215 g/mol. The number of halogens is 3. The fourth-order valence-electron chi connectivity index (χ4n) is 1.91. The third kappa shape index (κ3) is 2.31. The Morgan fingerprint density at radius 3 is 2.67 bits per heavy atom. The normalized spacial score (nSPS) is 21.9. The maximum absolute atomic E-state index is 12.4. The summed E-state index contributed by atoms with van der Waals surface area (Å²) < 4.78 is 37.3. The van der Waals surface area contributed by atoms with Gasteiger partial charge in [-0.2, -0.15) is 13.2 Å². The van der Waals surface area contributed by atoms with Crippen molar-refractivity contribution in [2.24, 2.45) is 0 Å². The number of hydrogen-bond donors (Lipinski definition) is 1. The van der Waals surface area contributed by atoms with Crippen molar-refractivity contribution in [2.75, 3.05) is 13.1 Å². The zero-order valence-electron chi connectivity index (χ0n) is 8.14. The fraction of sp³-hybridized carbons (Fsp3) is 0.455. The number of hydrogen-bond acceptors (Lipinski definition) is 1. The van der Waals surface area contributed by atoms with Crippen LogP contribution in [0.2, 0.25) is 0 Å². The van der Waals surface area contributed by atoms with Gasteiger partial charge in [0.25, 0.3) is 0 Å². The molecule has 0 saturated carbocycles. The first-order valence-corrected chi connectivity index (χ1v) is 4.95. The monoisotopic (exact) mass is 215 g/mol. The molecule has 0 amide bonds. The maximum Gasteiger partial charge on any atom is 0.416 e. The van der Waals surface area contributed by atoms with E-state index in [0.29, 0.717) is 0 Å². The van der Waals surface area contributed by atoms with Gasteiger partial charge in [-0.1, -0.05) is 18.2 Å². The minimum absolute atomic E-state index is 0.229. The molecule has 1 heterocycles. The molecule has 1 nitrogen and oxygen atoms in total. The fourth-order valence-corrected chi connectivity index (χ4v) is 1.91. The zero-order valence-corrected chi connectivity index (χ0v) is 8.14. The lowest BCUT2D eigenvalue weighted by molar-refractivity contribution is -0.137. The topological polar surface area (TPSA) is 12.0 Å². The van der Waals surface area contributed by atoms with Crippen molar-refractivity contribution in [3.63, 3.8) is 0 Å². The van der Waals surface area contributed by atoms with E-state index >= 15 is 0 Å². The smallest absolute Gasteiger partial charge is 0.316 e. The molecule has 1 saturated heterocycles. The molecule has 1 atom stereocenters. The first kappa shape index (κ1) is 10.5. The second kappa shape index (κ2) is 3.85. The lowest BCUT2D eigenvalue weighted by atomic mass is 9.96. The molecule has 0 aromatic heterocycles. The lowest BCUT2D eigenvalue weighted by Crippen LogP contribution is -2.09. The Labute approximate surface area is 86.3 Å². The summed E-state index contributed by atoms with van der Waals surface area (Å²) in [4.78, 5) is 0. The third-order valence-corrected chi connectivity index (χ3v) is 2.75. The standard InChI is InChI=1S/C11H12F3N/c12-11(13,14)10-3-1-2-8(6-10)9-4-5-15-7-9/h1-3,6,9,15H,4-5,7H2/t9-/m0/s1. The van der Waals surface area contributed by atoms with Gasteiger partial charge >= 0.3 is 6.18 Å². The molecule has 82 valence electrons. The molecule has 0 unspecified atom stereocenters. The van der Waals surface area contributed by atoms with Crippen molar-refractivity contribution in [1.82, 2.24) is 5.32 Å². The largest absolute Gasteiger partial charge is 0.416 e. The Bertz CT molecular complexity index is 340. The zero-order chi connectivity index (χ0) is 10.9. The number of rotatable bonds is 1. The SMILES string of the molecule is FC(F)(F)c1cccc([C@H]2CCNC2)c1. The van der Waals surface area contributed by atoms with Crippen LogP contribution < -0.4 is 5.32 Å². The summed E-state index contributed by atoms with van der Waals surface area (Å²) in [6, 6.07) is 5.63. The summed E-state index contributed by atoms with van der Waals surface area (Å²) >= 11 is 0. The molecule has 1 aromatic rings. The van der Waals surface area contributed by atoms with Crippen LogP contribution in [0.25, 0.3) is 0 Å². The summed E-state index contributed by atoms with van der Waals surface area (Å²) in [6.07, 6.45) is -3.32. The molecule has 1 aliphatic rings. The Morgan fingerprint density at radius 2 is 2.07 bits per heavy atom. The van der Waals surface area contributed by atoms with Crippen LogP contribution >= 0.6 is 0 Å². The van der Waals surface area contributed by atoms with Crippen LogP contribution in [0.5, 0.6) is 0 Å². The van der Waals surface area contributed by atoms with E-state index < -0.39 is 11.7 Å². The van der Waals surface area contributed by atoms with Crippen LogP contribution in [-0.4, -0.2) is 13.1 Å². The highest BCUT2D eigenvalue weighted by Gasteiger charge is 2.31. The molecule has 1 aromatic carbocycles. The van der Waals surface area contributed by atoms with Crippen LogP contribution in [0.3, 0.4) is 0 Å². The molecule has 1 fully saturated rings. The highest BCUT2D eigenvalue weighted by Crippen LogP contribution is 2.32. The average Bonchev–Trinajstić information content (AvgIpc) is 2.69. The van der Waals surface area contributed by atoms with Crippen molar-refractivity contribution in [2.45, 2.75) is 18.5 Å². The van der Waals surface area contributed by atoms with Crippen molar-refractivity contribution in [3.8, 4) is 0 Å². The van der Waals surface area contributed by atoms with E-state index in [1.807, 2.05) is 0 Å². The van der Waals surface area contributed by atoms with Gasteiger partial charge in [0.05, 0.1) is 5.56 Å². The van der Waals surface area contributed by atoms with Crippen molar-refractivity contribution in [3.05, 3.63) is 35.4 Å². The van der Waals surface area contributed by atoms with Crippen LogP contribution in [0.4, 0.5) is 13.2 Å². The molecule has 1 aliphatic heterocycles. The molecule has 15 heavy (non-hydrogen) atoms. The second-order valence-electron chi connectivity index (χ2n) is 3.81. The molecular weight excluding hydrogens is 203 g/mol. The van der Waals surface area contributed by atoms with Crippen LogP contribution in [0, 0.1) is 0 Å². The van der Waals surface area contributed by atoms with Crippen LogP contribution in [-0.2, 0) is 6.18 Å². The van der Waals surface area contributed by atoms with Gasteiger partial charge in [-0.15, -0.1) is 0 Å². The quantitative estimate of drug-likeness (QED) is 0.759. The van der Waals surface area contributed by atoms with Gasteiger partial charge in [-0.3, -0.25) is 0 Å². The molecule has 0 spiro atoms. The van der Waals surface area contributed by atoms with E-state index in [4.69, 9.17) is 0 Å².